The van der Waals surface area contributed by atoms with E-state index in [0.29, 0.717) is 6.54 Å². The first-order valence-corrected chi connectivity index (χ1v) is 10.5. The van der Waals surface area contributed by atoms with E-state index >= 15 is 0 Å². The van der Waals surface area contributed by atoms with Crippen LogP contribution in [0.3, 0.4) is 0 Å². The number of aromatic nitrogens is 1. The van der Waals surface area contributed by atoms with E-state index in [0.717, 1.165) is 42.2 Å². The fourth-order valence-corrected chi connectivity index (χ4v) is 3.72. The maximum atomic E-state index is 13.0. The summed E-state index contributed by atoms with van der Waals surface area (Å²) in [6, 6.07) is 8.52. The molecule has 0 aliphatic carbocycles. The van der Waals surface area contributed by atoms with Crippen LogP contribution in [0.1, 0.15) is 58.1 Å². The number of carbonyl (C=O) groups is 1. The summed E-state index contributed by atoms with van der Waals surface area (Å²) in [5.74, 6) is 0.975. The van der Waals surface area contributed by atoms with Crippen LogP contribution < -0.4 is 4.90 Å². The number of anilines is 1. The SMILES string of the molecule is CCC(C)N(Cc1c(-c2ccc(C)cc2)noc1N1CCCC1)C(=O)C(C)C. The van der Waals surface area contributed by atoms with Crippen molar-refractivity contribution in [2.75, 3.05) is 18.0 Å². The summed E-state index contributed by atoms with van der Waals surface area (Å²) in [4.78, 5) is 17.2. The van der Waals surface area contributed by atoms with Crippen LogP contribution in [-0.4, -0.2) is 35.1 Å². The molecule has 2 heterocycles. The number of hydrogen-bond donors (Lipinski definition) is 0. The number of hydrogen-bond acceptors (Lipinski definition) is 4. The predicted octanol–water partition coefficient (Wildman–Crippen LogP) is 5.03. The molecule has 2 aromatic rings. The zero-order valence-electron chi connectivity index (χ0n) is 17.9. The van der Waals surface area contributed by atoms with E-state index in [-0.39, 0.29) is 17.9 Å². The molecular weight excluding hydrogens is 350 g/mol. The molecule has 1 aromatic heterocycles. The Hall–Kier alpha value is -2.30. The topological polar surface area (TPSA) is 49.6 Å². The predicted molar refractivity (Wildman–Crippen MR) is 113 cm³/mol. The van der Waals surface area contributed by atoms with Crippen molar-refractivity contribution >= 4 is 11.8 Å². The Labute approximate surface area is 168 Å². The Morgan fingerprint density at radius 1 is 1.18 bits per heavy atom. The molecule has 152 valence electrons. The molecule has 3 rings (SSSR count). The monoisotopic (exact) mass is 383 g/mol. The molecule has 0 bridgehead atoms. The van der Waals surface area contributed by atoms with Crippen LogP contribution in [0, 0.1) is 12.8 Å². The molecule has 1 aliphatic heterocycles. The van der Waals surface area contributed by atoms with Crippen LogP contribution in [-0.2, 0) is 11.3 Å². The van der Waals surface area contributed by atoms with Gasteiger partial charge in [-0.15, -0.1) is 0 Å². The van der Waals surface area contributed by atoms with Crippen molar-refractivity contribution < 1.29 is 9.32 Å². The third-order valence-electron chi connectivity index (χ3n) is 5.71. The molecule has 0 N–H and O–H groups in total. The summed E-state index contributed by atoms with van der Waals surface area (Å²) < 4.78 is 5.86. The molecule has 1 atom stereocenters. The van der Waals surface area contributed by atoms with Crippen LogP contribution in [0.5, 0.6) is 0 Å². The van der Waals surface area contributed by atoms with Gasteiger partial charge in [0.2, 0.25) is 11.8 Å². The maximum absolute atomic E-state index is 13.0. The van der Waals surface area contributed by atoms with Crippen molar-refractivity contribution in [1.29, 1.82) is 0 Å². The van der Waals surface area contributed by atoms with Crippen LogP contribution in [0.2, 0.25) is 0 Å². The Morgan fingerprint density at radius 2 is 1.82 bits per heavy atom. The molecule has 1 aromatic carbocycles. The van der Waals surface area contributed by atoms with Gasteiger partial charge in [-0.1, -0.05) is 55.8 Å². The van der Waals surface area contributed by atoms with Crippen molar-refractivity contribution in [2.45, 2.75) is 66.5 Å². The first-order valence-electron chi connectivity index (χ1n) is 10.5. The molecule has 1 amide bonds. The second-order valence-corrected chi connectivity index (χ2v) is 8.25. The summed E-state index contributed by atoms with van der Waals surface area (Å²) in [5.41, 5.74) is 4.13. The summed E-state index contributed by atoms with van der Waals surface area (Å²) in [6.45, 7) is 12.8. The van der Waals surface area contributed by atoms with Gasteiger partial charge < -0.3 is 14.3 Å². The van der Waals surface area contributed by atoms with E-state index in [1.165, 1.54) is 18.4 Å². The summed E-state index contributed by atoms with van der Waals surface area (Å²) in [6.07, 6.45) is 3.25. The van der Waals surface area contributed by atoms with E-state index in [1.54, 1.807) is 0 Å². The highest BCUT2D eigenvalue weighted by Crippen LogP contribution is 2.35. The van der Waals surface area contributed by atoms with Gasteiger partial charge in [-0.25, -0.2) is 0 Å². The van der Waals surface area contributed by atoms with Gasteiger partial charge in [-0.2, -0.15) is 0 Å². The average Bonchev–Trinajstić information content (AvgIpc) is 3.35. The lowest BCUT2D eigenvalue weighted by Crippen LogP contribution is -2.40. The highest BCUT2D eigenvalue weighted by Gasteiger charge is 2.29. The fourth-order valence-electron chi connectivity index (χ4n) is 3.72. The highest BCUT2D eigenvalue weighted by molar-refractivity contribution is 5.79. The van der Waals surface area contributed by atoms with Gasteiger partial charge >= 0.3 is 0 Å². The maximum Gasteiger partial charge on any atom is 0.232 e. The van der Waals surface area contributed by atoms with Crippen molar-refractivity contribution in [3.63, 3.8) is 0 Å². The number of aryl methyl sites for hydroxylation is 1. The van der Waals surface area contributed by atoms with Gasteiger partial charge in [-0.3, -0.25) is 4.79 Å². The molecular formula is C23H33N3O2. The highest BCUT2D eigenvalue weighted by atomic mass is 16.5. The number of benzene rings is 1. The summed E-state index contributed by atoms with van der Waals surface area (Å²) in [7, 11) is 0. The Bertz CT molecular complexity index is 789. The normalized spacial score (nSPS) is 15.3. The third-order valence-corrected chi connectivity index (χ3v) is 5.71. The van der Waals surface area contributed by atoms with Crippen molar-refractivity contribution in [3.8, 4) is 11.3 Å². The standard InChI is InChI=1S/C23H33N3O2/c1-6-18(5)26(22(27)16(2)3)15-20-21(19-11-9-17(4)10-12-19)24-28-23(20)25-13-7-8-14-25/h9-12,16,18H,6-8,13-15H2,1-5H3. The number of rotatable bonds is 7. The van der Waals surface area contributed by atoms with Gasteiger partial charge in [0.1, 0.15) is 5.69 Å². The molecule has 5 nitrogen and oxygen atoms in total. The minimum Gasteiger partial charge on any atom is -0.340 e. The molecule has 5 heteroatoms. The molecule has 0 radical (unpaired) electrons. The molecule has 0 spiro atoms. The van der Waals surface area contributed by atoms with Crippen molar-refractivity contribution in [1.82, 2.24) is 10.1 Å². The number of nitrogens with zero attached hydrogens (tertiary/aromatic N) is 3. The lowest BCUT2D eigenvalue weighted by Gasteiger charge is -2.31. The van der Waals surface area contributed by atoms with Gasteiger partial charge in [0.15, 0.2) is 0 Å². The minimum absolute atomic E-state index is 0.0353. The van der Waals surface area contributed by atoms with Gasteiger partial charge in [-0.05, 0) is 33.1 Å². The van der Waals surface area contributed by atoms with Gasteiger partial charge in [0, 0.05) is 30.6 Å². The van der Waals surface area contributed by atoms with E-state index in [9.17, 15) is 4.79 Å². The number of amides is 1. The van der Waals surface area contributed by atoms with E-state index in [4.69, 9.17) is 4.52 Å². The third kappa shape index (κ3) is 4.23. The summed E-state index contributed by atoms with van der Waals surface area (Å²) in [5, 5.41) is 4.45. The molecule has 28 heavy (non-hydrogen) atoms. The van der Waals surface area contributed by atoms with E-state index in [1.807, 2.05) is 18.7 Å². The smallest absolute Gasteiger partial charge is 0.232 e. The van der Waals surface area contributed by atoms with Crippen LogP contribution in [0.4, 0.5) is 5.88 Å². The van der Waals surface area contributed by atoms with Gasteiger partial charge in [0.05, 0.1) is 12.1 Å². The molecule has 1 aliphatic rings. The zero-order chi connectivity index (χ0) is 20.3. The quantitative estimate of drug-likeness (QED) is 0.672. The second kappa shape index (κ2) is 8.80. The minimum atomic E-state index is -0.0353. The van der Waals surface area contributed by atoms with Crippen LogP contribution >= 0.6 is 0 Å². The lowest BCUT2D eigenvalue weighted by molar-refractivity contribution is -0.137. The fraction of sp³-hybridized carbons (Fsp3) is 0.565. The van der Waals surface area contributed by atoms with Gasteiger partial charge in [0.25, 0.3) is 0 Å². The summed E-state index contributed by atoms with van der Waals surface area (Å²) >= 11 is 0. The second-order valence-electron chi connectivity index (χ2n) is 8.25. The molecule has 1 saturated heterocycles. The molecule has 0 saturated carbocycles. The Kier molecular flexibility index (Phi) is 6.42. The largest absolute Gasteiger partial charge is 0.340 e. The average molecular weight is 384 g/mol. The van der Waals surface area contributed by atoms with Crippen molar-refractivity contribution in [3.05, 3.63) is 35.4 Å². The first kappa shape index (κ1) is 20.4. The van der Waals surface area contributed by atoms with Crippen LogP contribution in [0.15, 0.2) is 28.8 Å². The molecule has 1 unspecified atom stereocenters. The van der Waals surface area contributed by atoms with Crippen LogP contribution in [0.25, 0.3) is 11.3 Å². The zero-order valence-corrected chi connectivity index (χ0v) is 17.9. The molecule has 1 fully saturated rings. The van der Waals surface area contributed by atoms with E-state index in [2.05, 4.69) is 55.1 Å². The lowest BCUT2D eigenvalue weighted by atomic mass is 10.0. The first-order chi connectivity index (χ1) is 13.4. The van der Waals surface area contributed by atoms with E-state index < -0.39 is 0 Å². The van der Waals surface area contributed by atoms with Crippen molar-refractivity contribution in [2.24, 2.45) is 5.92 Å². The Balaban J connectivity index is 2.03. The number of carbonyl (C=O) groups excluding carboxylic acids is 1. The Morgan fingerprint density at radius 3 is 2.39 bits per heavy atom.